The lowest BCUT2D eigenvalue weighted by Gasteiger charge is -2.22. The molecule has 0 fully saturated rings. The number of nitrogens with one attached hydrogen (secondary N) is 2. The van der Waals surface area contributed by atoms with E-state index in [1.54, 1.807) is 6.07 Å². The topological polar surface area (TPSA) is 105 Å². The molecule has 3 aromatic carbocycles. The van der Waals surface area contributed by atoms with E-state index in [0.717, 1.165) is 17.2 Å². The van der Waals surface area contributed by atoms with Crippen LogP contribution in [0.25, 0.3) is 0 Å². The highest BCUT2D eigenvalue weighted by Crippen LogP contribution is 2.21. The Balaban J connectivity index is 1.60. The molecule has 0 aliphatic heterocycles. The van der Waals surface area contributed by atoms with Crippen molar-refractivity contribution in [3.8, 4) is 0 Å². The summed E-state index contributed by atoms with van der Waals surface area (Å²) in [7, 11) is -4.41. The number of aryl methyl sites for hydroxylation is 1. The second-order valence-electron chi connectivity index (χ2n) is 9.38. The Morgan fingerprint density at radius 2 is 1.34 bits per heavy atom. The number of rotatable bonds is 12. The van der Waals surface area contributed by atoms with Crippen LogP contribution in [-0.2, 0) is 27.5 Å². The summed E-state index contributed by atoms with van der Waals surface area (Å²) in [5.41, 5.74) is 2.07. The fourth-order valence-electron chi connectivity index (χ4n) is 4.21. The molecule has 2 amide bonds. The predicted molar refractivity (Wildman–Crippen MR) is 155 cm³/mol. The number of pyridine rings is 1. The number of hydrogen-bond donors (Lipinski definition) is 2. The van der Waals surface area contributed by atoms with Gasteiger partial charge in [-0.2, -0.15) is 4.39 Å². The third kappa shape index (κ3) is 8.43. The second kappa shape index (κ2) is 14.1. The third-order valence-corrected chi connectivity index (χ3v) is 7.95. The van der Waals surface area contributed by atoms with Gasteiger partial charge in [0.05, 0.1) is 10.9 Å². The van der Waals surface area contributed by atoms with Crippen LogP contribution in [0.3, 0.4) is 0 Å². The van der Waals surface area contributed by atoms with Crippen molar-refractivity contribution in [3.63, 3.8) is 0 Å². The lowest BCUT2D eigenvalue weighted by Crippen LogP contribution is -2.50. The van der Waals surface area contributed by atoms with Gasteiger partial charge in [-0.3, -0.25) is 14.6 Å². The molecule has 4 aromatic rings. The first-order valence-electron chi connectivity index (χ1n) is 13.1. The Labute approximate surface area is 239 Å². The maximum Gasteiger partial charge on any atom is 0.252 e. The summed E-state index contributed by atoms with van der Waals surface area (Å²) in [5.74, 6) is -1.05. The minimum atomic E-state index is -4.41. The van der Waals surface area contributed by atoms with Gasteiger partial charge in [-0.15, -0.1) is 0 Å². The van der Waals surface area contributed by atoms with E-state index in [1.165, 1.54) is 48.8 Å². The zero-order valence-electron chi connectivity index (χ0n) is 22.2. The van der Waals surface area contributed by atoms with Crippen LogP contribution in [0.5, 0.6) is 0 Å². The molecule has 2 N–H and O–H groups in total. The first-order valence-corrected chi connectivity index (χ1v) is 14.6. The van der Waals surface area contributed by atoms with E-state index in [4.69, 9.17) is 0 Å². The third-order valence-electron chi connectivity index (χ3n) is 6.40. The fraction of sp³-hybridized carbons (Fsp3) is 0.156. The molecule has 0 aliphatic carbocycles. The van der Waals surface area contributed by atoms with Gasteiger partial charge < -0.3 is 10.6 Å². The molecule has 7 nitrogen and oxygen atoms in total. The number of benzene rings is 3. The molecule has 0 spiro atoms. The highest BCUT2D eigenvalue weighted by Gasteiger charge is 2.26. The molecule has 9 heteroatoms. The van der Waals surface area contributed by atoms with Crippen LogP contribution in [0.15, 0.2) is 132 Å². The molecular weight excluding hydrogens is 541 g/mol. The van der Waals surface area contributed by atoms with Crippen molar-refractivity contribution in [3.05, 3.63) is 143 Å². The molecular formula is C32H30FN3O4S. The number of halogens is 1. The van der Waals surface area contributed by atoms with Crippen LogP contribution in [0, 0.1) is 0 Å². The molecule has 1 aromatic heterocycles. The number of carbonyl (C=O) groups is 2. The summed E-state index contributed by atoms with van der Waals surface area (Å²) in [6.07, 6.45) is 4.72. The molecule has 1 heterocycles. The number of sulfone groups is 1. The van der Waals surface area contributed by atoms with Crippen LogP contribution in [0.1, 0.15) is 27.9 Å². The summed E-state index contributed by atoms with van der Waals surface area (Å²) in [5, 5.41) is 4.17. The zero-order chi connectivity index (χ0) is 29.1. The maximum atomic E-state index is 15.3. The quantitative estimate of drug-likeness (QED) is 0.254. The van der Waals surface area contributed by atoms with Gasteiger partial charge in [-0.05, 0) is 54.3 Å². The summed E-state index contributed by atoms with van der Waals surface area (Å²) in [6.45, 7) is 0. The number of amides is 2. The molecule has 4 rings (SSSR count). The van der Waals surface area contributed by atoms with E-state index in [0.29, 0.717) is 12.0 Å². The molecule has 0 aliphatic rings. The lowest BCUT2D eigenvalue weighted by atomic mass is 10.0. The van der Waals surface area contributed by atoms with Gasteiger partial charge in [-0.1, -0.05) is 78.9 Å². The molecule has 0 radical (unpaired) electrons. The number of aromatic nitrogens is 1. The van der Waals surface area contributed by atoms with Gasteiger partial charge in [0.2, 0.25) is 20.9 Å². The zero-order valence-corrected chi connectivity index (χ0v) is 23.0. The molecule has 2 atom stereocenters. The molecule has 210 valence electrons. The van der Waals surface area contributed by atoms with Crippen LogP contribution >= 0.6 is 0 Å². The Kier molecular flexibility index (Phi) is 10.1. The van der Waals surface area contributed by atoms with Crippen molar-refractivity contribution in [1.82, 2.24) is 15.6 Å². The van der Waals surface area contributed by atoms with E-state index in [2.05, 4.69) is 15.6 Å². The molecule has 41 heavy (non-hydrogen) atoms. The summed E-state index contributed by atoms with van der Waals surface area (Å²) in [4.78, 5) is 30.3. The van der Waals surface area contributed by atoms with Gasteiger partial charge in [0.25, 0.3) is 5.91 Å². The highest BCUT2D eigenvalue weighted by atomic mass is 32.2. The van der Waals surface area contributed by atoms with E-state index >= 15 is 4.39 Å². The minimum absolute atomic E-state index is 0.170. The average molecular weight is 572 g/mol. The highest BCUT2D eigenvalue weighted by molar-refractivity contribution is 7.95. The number of carbonyl (C=O) groups excluding carboxylic acids is 2. The van der Waals surface area contributed by atoms with Crippen molar-refractivity contribution < 1.29 is 22.4 Å². The molecule has 0 saturated heterocycles. The van der Waals surface area contributed by atoms with Crippen LogP contribution in [-0.4, -0.2) is 37.3 Å². The van der Waals surface area contributed by atoms with E-state index in [1.807, 2.05) is 60.7 Å². The largest absolute Gasteiger partial charge is 0.348 e. The van der Waals surface area contributed by atoms with Crippen molar-refractivity contribution in [2.45, 2.75) is 36.2 Å². The Morgan fingerprint density at radius 3 is 1.95 bits per heavy atom. The van der Waals surface area contributed by atoms with Crippen LogP contribution in [0.2, 0.25) is 0 Å². The van der Waals surface area contributed by atoms with Gasteiger partial charge in [0, 0.05) is 24.4 Å². The lowest BCUT2D eigenvalue weighted by molar-refractivity contribution is -0.123. The van der Waals surface area contributed by atoms with Crippen LogP contribution in [0.4, 0.5) is 4.39 Å². The van der Waals surface area contributed by atoms with Gasteiger partial charge in [-0.25, -0.2) is 8.42 Å². The van der Waals surface area contributed by atoms with Crippen LogP contribution < -0.4 is 10.6 Å². The minimum Gasteiger partial charge on any atom is -0.348 e. The summed E-state index contributed by atoms with van der Waals surface area (Å²) < 4.78 is 41.1. The summed E-state index contributed by atoms with van der Waals surface area (Å²) >= 11 is 0. The Hall–Kier alpha value is -4.63. The monoisotopic (exact) mass is 571 g/mol. The number of nitrogens with zero attached hydrogens (tertiary/aromatic N) is 1. The van der Waals surface area contributed by atoms with E-state index in [-0.39, 0.29) is 17.7 Å². The number of hydrogen-bond acceptors (Lipinski definition) is 5. The normalized spacial score (nSPS) is 13.1. The first kappa shape index (κ1) is 29.4. The van der Waals surface area contributed by atoms with Gasteiger partial charge in [0.1, 0.15) is 6.04 Å². The Bertz CT molecular complexity index is 1570. The SMILES string of the molecule is O=C(N[C@@H](Cc1ccccc1)C(=O)N[C@H](/C=C(\F)S(=O)(=O)c1ccccc1)CCc1ccccc1)c1ccncc1. The average Bonchev–Trinajstić information content (AvgIpc) is 3.01. The van der Waals surface area contributed by atoms with Crippen molar-refractivity contribution in [1.29, 1.82) is 0 Å². The van der Waals surface area contributed by atoms with E-state index < -0.39 is 38.9 Å². The standard InChI is InChI=1S/C32H30FN3O4S/c33-30(41(39,40)28-14-8-3-9-15-28)23-27(17-16-24-10-4-1-5-11-24)35-32(38)29(22-25-12-6-2-7-13-25)36-31(37)26-18-20-34-21-19-26/h1-15,18-21,23,27,29H,16-17,22H2,(H,35,38)(H,36,37)/b30-23+/t27-,29-/m0/s1. The van der Waals surface area contributed by atoms with Gasteiger partial charge >= 0.3 is 0 Å². The smallest absolute Gasteiger partial charge is 0.252 e. The molecule has 0 bridgehead atoms. The molecule has 0 saturated carbocycles. The summed E-state index contributed by atoms with van der Waals surface area (Å²) in [6, 6.07) is 26.9. The van der Waals surface area contributed by atoms with Crippen molar-refractivity contribution >= 4 is 21.7 Å². The molecule has 0 unspecified atom stereocenters. The van der Waals surface area contributed by atoms with Crippen molar-refractivity contribution in [2.24, 2.45) is 0 Å². The Morgan fingerprint density at radius 1 is 0.780 bits per heavy atom. The van der Waals surface area contributed by atoms with Crippen molar-refractivity contribution in [2.75, 3.05) is 0 Å². The van der Waals surface area contributed by atoms with E-state index in [9.17, 15) is 18.0 Å². The second-order valence-corrected chi connectivity index (χ2v) is 11.2. The predicted octanol–water partition coefficient (Wildman–Crippen LogP) is 4.83. The maximum absolute atomic E-state index is 15.3. The first-order chi connectivity index (χ1) is 19.8. The fourth-order valence-corrected chi connectivity index (χ4v) is 5.30. The van der Waals surface area contributed by atoms with Gasteiger partial charge in [0.15, 0.2) is 0 Å².